The number of thioether (sulfide) groups is 1. The van der Waals surface area contributed by atoms with Crippen molar-refractivity contribution >= 4 is 17.7 Å². The first kappa shape index (κ1) is 23.0. The number of amides is 1. The number of rotatable bonds is 11. The van der Waals surface area contributed by atoms with Gasteiger partial charge in [0.05, 0.1) is 6.61 Å². The summed E-state index contributed by atoms with van der Waals surface area (Å²) in [5, 5.41) is 3.01. The second kappa shape index (κ2) is 12.2. The maximum Gasteiger partial charge on any atom is 0.251 e. The van der Waals surface area contributed by atoms with Crippen molar-refractivity contribution in [1.29, 1.82) is 0 Å². The van der Waals surface area contributed by atoms with Gasteiger partial charge in [-0.15, -0.1) is 11.8 Å². The second-order valence-electron chi connectivity index (χ2n) is 7.79. The lowest BCUT2D eigenvalue weighted by atomic mass is 10.0. The van der Waals surface area contributed by atoms with Crippen LogP contribution in [0.15, 0.2) is 83.8 Å². The molecular formula is C27H31NO2S. The van der Waals surface area contributed by atoms with Crippen molar-refractivity contribution in [3.05, 3.63) is 95.6 Å². The van der Waals surface area contributed by atoms with Gasteiger partial charge < -0.3 is 10.1 Å². The molecular weight excluding hydrogens is 402 g/mol. The van der Waals surface area contributed by atoms with E-state index >= 15 is 0 Å². The molecule has 4 heteroatoms. The molecule has 31 heavy (non-hydrogen) atoms. The first-order valence-electron chi connectivity index (χ1n) is 10.9. The topological polar surface area (TPSA) is 38.3 Å². The molecule has 3 aromatic rings. The fraction of sp³-hybridized carbons (Fsp3) is 0.296. The molecule has 3 aromatic carbocycles. The molecule has 0 bridgehead atoms. The molecule has 0 heterocycles. The molecule has 0 aliphatic heterocycles. The van der Waals surface area contributed by atoms with Crippen LogP contribution in [0, 0.1) is 0 Å². The van der Waals surface area contributed by atoms with E-state index in [1.807, 2.05) is 42.5 Å². The zero-order valence-electron chi connectivity index (χ0n) is 18.3. The largest absolute Gasteiger partial charge is 0.493 e. The van der Waals surface area contributed by atoms with E-state index in [-0.39, 0.29) is 5.91 Å². The minimum atomic E-state index is -0.0404. The van der Waals surface area contributed by atoms with E-state index < -0.39 is 0 Å². The van der Waals surface area contributed by atoms with Crippen LogP contribution in [0.2, 0.25) is 0 Å². The number of ether oxygens (including phenoxy) is 1. The number of carbonyl (C=O) groups excluding carboxylic acids is 1. The Labute approximate surface area is 190 Å². The number of benzene rings is 3. The second-order valence-corrected chi connectivity index (χ2v) is 8.96. The van der Waals surface area contributed by atoms with Gasteiger partial charge in [-0.1, -0.05) is 56.3 Å². The summed E-state index contributed by atoms with van der Waals surface area (Å²) in [4.78, 5) is 13.6. The quantitative estimate of drug-likeness (QED) is 0.283. The highest BCUT2D eigenvalue weighted by Crippen LogP contribution is 2.18. The number of nitrogens with one attached hydrogen (secondary N) is 1. The summed E-state index contributed by atoms with van der Waals surface area (Å²) in [6.45, 7) is 5.70. The molecule has 0 aliphatic rings. The highest BCUT2D eigenvalue weighted by Gasteiger charge is 2.06. The Bertz CT molecular complexity index is 922. The van der Waals surface area contributed by atoms with Gasteiger partial charge in [-0.3, -0.25) is 4.79 Å². The fourth-order valence-corrected chi connectivity index (χ4v) is 3.96. The smallest absolute Gasteiger partial charge is 0.251 e. The third-order valence-corrected chi connectivity index (χ3v) is 6.03. The molecule has 0 aromatic heterocycles. The van der Waals surface area contributed by atoms with Crippen LogP contribution in [0.25, 0.3) is 0 Å². The Morgan fingerprint density at radius 3 is 2.32 bits per heavy atom. The summed E-state index contributed by atoms with van der Waals surface area (Å²) in [5.74, 6) is 2.18. The van der Waals surface area contributed by atoms with E-state index in [2.05, 4.69) is 55.6 Å². The van der Waals surface area contributed by atoms with Gasteiger partial charge in [0.2, 0.25) is 0 Å². The van der Waals surface area contributed by atoms with E-state index in [4.69, 9.17) is 4.74 Å². The lowest BCUT2D eigenvalue weighted by Gasteiger charge is -2.09. The Balaban J connectivity index is 1.33. The number of hydrogen-bond donors (Lipinski definition) is 1. The van der Waals surface area contributed by atoms with Gasteiger partial charge in [0.1, 0.15) is 5.75 Å². The number of aryl methyl sites for hydroxylation is 1. The summed E-state index contributed by atoms with van der Waals surface area (Å²) in [6, 6.07) is 26.4. The van der Waals surface area contributed by atoms with Gasteiger partial charge in [0.15, 0.2) is 0 Å². The number of hydrogen-bond acceptors (Lipinski definition) is 3. The van der Waals surface area contributed by atoms with Crippen LogP contribution in [0.1, 0.15) is 47.7 Å². The van der Waals surface area contributed by atoms with Crippen LogP contribution in [0.5, 0.6) is 5.75 Å². The van der Waals surface area contributed by atoms with Crippen molar-refractivity contribution in [2.24, 2.45) is 0 Å². The van der Waals surface area contributed by atoms with Crippen molar-refractivity contribution in [3.8, 4) is 5.75 Å². The molecule has 0 fully saturated rings. The predicted molar refractivity (Wildman–Crippen MR) is 130 cm³/mol. The van der Waals surface area contributed by atoms with E-state index in [0.717, 1.165) is 24.3 Å². The first-order valence-corrected chi connectivity index (χ1v) is 11.9. The van der Waals surface area contributed by atoms with E-state index in [0.29, 0.717) is 24.6 Å². The molecule has 1 N–H and O–H groups in total. The normalized spacial score (nSPS) is 10.8. The van der Waals surface area contributed by atoms with Gasteiger partial charge in [-0.2, -0.15) is 0 Å². The molecule has 0 radical (unpaired) electrons. The van der Waals surface area contributed by atoms with Crippen molar-refractivity contribution in [2.75, 3.05) is 18.9 Å². The van der Waals surface area contributed by atoms with Crippen LogP contribution in [-0.2, 0) is 6.42 Å². The van der Waals surface area contributed by atoms with Gasteiger partial charge in [0.25, 0.3) is 5.91 Å². The summed E-state index contributed by atoms with van der Waals surface area (Å²) in [5.41, 5.74) is 3.33. The molecule has 3 nitrogen and oxygen atoms in total. The molecule has 162 valence electrons. The zero-order chi connectivity index (χ0) is 21.9. The first-order chi connectivity index (χ1) is 15.1. The van der Waals surface area contributed by atoms with Gasteiger partial charge in [0, 0.05) is 22.8 Å². The zero-order valence-corrected chi connectivity index (χ0v) is 19.2. The molecule has 0 spiro atoms. The van der Waals surface area contributed by atoms with Gasteiger partial charge in [-0.25, -0.2) is 0 Å². The summed E-state index contributed by atoms with van der Waals surface area (Å²) >= 11 is 1.77. The minimum Gasteiger partial charge on any atom is -0.493 e. The third kappa shape index (κ3) is 7.80. The number of carbonyl (C=O) groups is 1. The monoisotopic (exact) mass is 433 g/mol. The van der Waals surface area contributed by atoms with E-state index in [9.17, 15) is 4.79 Å². The van der Waals surface area contributed by atoms with E-state index in [1.54, 1.807) is 11.8 Å². The Morgan fingerprint density at radius 2 is 1.65 bits per heavy atom. The van der Waals surface area contributed by atoms with Crippen molar-refractivity contribution in [2.45, 2.75) is 37.5 Å². The summed E-state index contributed by atoms with van der Waals surface area (Å²) in [6.07, 6.45) is 1.89. The predicted octanol–water partition coefficient (Wildman–Crippen LogP) is 6.34. The molecule has 0 atom stereocenters. The lowest BCUT2D eigenvalue weighted by molar-refractivity contribution is 0.0953. The molecule has 3 rings (SSSR count). The van der Waals surface area contributed by atoms with Crippen molar-refractivity contribution < 1.29 is 9.53 Å². The lowest BCUT2D eigenvalue weighted by Crippen LogP contribution is -2.24. The molecule has 1 amide bonds. The summed E-state index contributed by atoms with van der Waals surface area (Å²) < 4.78 is 5.78. The average molecular weight is 434 g/mol. The highest BCUT2D eigenvalue weighted by atomic mass is 32.2. The highest BCUT2D eigenvalue weighted by molar-refractivity contribution is 7.99. The van der Waals surface area contributed by atoms with Crippen LogP contribution >= 0.6 is 11.8 Å². The Morgan fingerprint density at radius 1 is 0.935 bits per heavy atom. The van der Waals surface area contributed by atoms with Crippen molar-refractivity contribution in [1.82, 2.24) is 5.32 Å². The van der Waals surface area contributed by atoms with Gasteiger partial charge in [-0.05, 0) is 66.3 Å². The maximum absolute atomic E-state index is 12.3. The Kier molecular flexibility index (Phi) is 9.04. The third-order valence-electron chi connectivity index (χ3n) is 5.05. The molecule has 0 saturated heterocycles. The van der Waals surface area contributed by atoms with Crippen LogP contribution in [-0.4, -0.2) is 24.8 Å². The Hall–Kier alpha value is -2.72. The fourth-order valence-electron chi connectivity index (χ4n) is 3.20. The standard InChI is InChI=1S/C27H31NO2S/c1-21(2)23-12-10-22(11-13-23)7-6-18-28-27(29)24-14-16-25(17-15-24)30-19-20-31-26-8-4-3-5-9-26/h3-5,8-17,21H,6-7,18-20H2,1-2H3,(H,28,29). The molecule has 0 aliphatic carbocycles. The maximum atomic E-state index is 12.3. The molecule has 0 saturated carbocycles. The van der Waals surface area contributed by atoms with Crippen molar-refractivity contribution in [3.63, 3.8) is 0 Å². The van der Waals surface area contributed by atoms with Crippen LogP contribution in [0.4, 0.5) is 0 Å². The van der Waals surface area contributed by atoms with E-state index in [1.165, 1.54) is 16.0 Å². The van der Waals surface area contributed by atoms with Gasteiger partial charge >= 0.3 is 0 Å². The van der Waals surface area contributed by atoms with Crippen LogP contribution in [0.3, 0.4) is 0 Å². The SMILES string of the molecule is CC(C)c1ccc(CCCNC(=O)c2ccc(OCCSc3ccccc3)cc2)cc1. The average Bonchev–Trinajstić information content (AvgIpc) is 2.81. The minimum absolute atomic E-state index is 0.0404. The molecule has 0 unspecified atom stereocenters. The van der Waals surface area contributed by atoms with Crippen LogP contribution < -0.4 is 10.1 Å². The summed E-state index contributed by atoms with van der Waals surface area (Å²) in [7, 11) is 0.